The number of aromatic nitrogens is 1. The van der Waals surface area contributed by atoms with E-state index in [-0.39, 0.29) is 0 Å². The van der Waals surface area contributed by atoms with E-state index in [9.17, 15) is 0 Å². The second-order valence-electron chi connectivity index (χ2n) is 4.31. The molecular formula is C17H12BrN. The zero-order valence-corrected chi connectivity index (χ0v) is 11.8. The first-order chi connectivity index (χ1) is 9.33. The summed E-state index contributed by atoms with van der Waals surface area (Å²) in [7, 11) is 0. The van der Waals surface area contributed by atoms with E-state index in [0.717, 1.165) is 15.6 Å². The highest BCUT2D eigenvalue weighted by atomic mass is 79.9. The number of rotatable bonds is 2. The molecule has 92 valence electrons. The Morgan fingerprint density at radius 2 is 1.74 bits per heavy atom. The first kappa shape index (κ1) is 12.1. The minimum Gasteiger partial charge on any atom is -0.256 e. The van der Waals surface area contributed by atoms with Crippen molar-refractivity contribution in [3.05, 3.63) is 76.5 Å². The summed E-state index contributed by atoms with van der Waals surface area (Å²) >= 11 is 3.51. The largest absolute Gasteiger partial charge is 0.256 e. The van der Waals surface area contributed by atoms with Crippen LogP contribution in [0.4, 0.5) is 0 Å². The highest BCUT2D eigenvalue weighted by Gasteiger charge is 2.00. The fourth-order valence-electron chi connectivity index (χ4n) is 2.04. The monoisotopic (exact) mass is 309 g/mol. The average Bonchev–Trinajstić information content (AvgIpc) is 2.46. The molecule has 0 fully saturated rings. The molecule has 0 saturated heterocycles. The first-order valence-corrected chi connectivity index (χ1v) is 6.90. The molecule has 3 rings (SSSR count). The minimum atomic E-state index is 0.989. The predicted molar refractivity (Wildman–Crippen MR) is 84.8 cm³/mol. The standard InChI is InChI=1S/C17H12BrN/c18-15-8-7-14-10-11-19-17(16(14)12-15)9-6-13-4-2-1-3-5-13/h1-12H/b9-6+. The second kappa shape index (κ2) is 5.37. The lowest BCUT2D eigenvalue weighted by Gasteiger charge is -2.02. The maximum atomic E-state index is 4.46. The number of hydrogen-bond acceptors (Lipinski definition) is 1. The van der Waals surface area contributed by atoms with Crippen LogP contribution in [-0.2, 0) is 0 Å². The van der Waals surface area contributed by atoms with Gasteiger partial charge in [-0.2, -0.15) is 0 Å². The van der Waals surface area contributed by atoms with Gasteiger partial charge in [-0.1, -0.05) is 58.4 Å². The molecule has 3 aromatic rings. The zero-order valence-electron chi connectivity index (χ0n) is 10.3. The van der Waals surface area contributed by atoms with Crippen molar-refractivity contribution in [1.82, 2.24) is 4.98 Å². The molecule has 1 heterocycles. The molecule has 0 saturated carbocycles. The molecule has 2 aromatic carbocycles. The Morgan fingerprint density at radius 3 is 2.58 bits per heavy atom. The van der Waals surface area contributed by atoms with Gasteiger partial charge in [-0.3, -0.25) is 4.98 Å². The van der Waals surface area contributed by atoms with Gasteiger partial charge < -0.3 is 0 Å². The molecule has 0 atom stereocenters. The van der Waals surface area contributed by atoms with Gasteiger partial charge in [-0.25, -0.2) is 0 Å². The summed E-state index contributed by atoms with van der Waals surface area (Å²) in [6.07, 6.45) is 5.99. The number of pyridine rings is 1. The minimum absolute atomic E-state index is 0.989. The maximum Gasteiger partial charge on any atom is 0.0708 e. The maximum absolute atomic E-state index is 4.46. The van der Waals surface area contributed by atoms with Gasteiger partial charge >= 0.3 is 0 Å². The predicted octanol–water partition coefficient (Wildman–Crippen LogP) is 5.17. The van der Waals surface area contributed by atoms with Crippen molar-refractivity contribution in [2.75, 3.05) is 0 Å². The van der Waals surface area contributed by atoms with E-state index in [0.29, 0.717) is 0 Å². The number of fused-ring (bicyclic) bond motifs is 1. The molecule has 1 aromatic heterocycles. The molecule has 19 heavy (non-hydrogen) atoms. The number of halogens is 1. The van der Waals surface area contributed by atoms with E-state index in [1.807, 2.05) is 36.5 Å². The van der Waals surface area contributed by atoms with E-state index in [2.05, 4.69) is 57.3 Å². The molecule has 0 unspecified atom stereocenters. The van der Waals surface area contributed by atoms with E-state index in [1.165, 1.54) is 10.9 Å². The van der Waals surface area contributed by atoms with Gasteiger partial charge in [0.05, 0.1) is 5.69 Å². The van der Waals surface area contributed by atoms with Crippen LogP contribution in [0.2, 0.25) is 0 Å². The summed E-state index contributed by atoms with van der Waals surface area (Å²) in [5, 5.41) is 2.36. The summed E-state index contributed by atoms with van der Waals surface area (Å²) in [5.74, 6) is 0. The lowest BCUT2D eigenvalue weighted by Crippen LogP contribution is -1.83. The molecule has 0 spiro atoms. The molecule has 0 aliphatic heterocycles. The van der Waals surface area contributed by atoms with Crippen molar-refractivity contribution >= 4 is 38.9 Å². The van der Waals surface area contributed by atoms with Crippen LogP contribution in [0, 0.1) is 0 Å². The highest BCUT2D eigenvalue weighted by molar-refractivity contribution is 9.10. The van der Waals surface area contributed by atoms with E-state index in [1.54, 1.807) is 0 Å². The zero-order chi connectivity index (χ0) is 13.1. The molecule has 0 aliphatic carbocycles. The average molecular weight is 310 g/mol. The first-order valence-electron chi connectivity index (χ1n) is 6.10. The van der Waals surface area contributed by atoms with Crippen LogP contribution in [0.5, 0.6) is 0 Å². The molecule has 0 N–H and O–H groups in total. The van der Waals surface area contributed by atoms with Crippen molar-refractivity contribution in [3.8, 4) is 0 Å². The Hall–Kier alpha value is -1.93. The lowest BCUT2D eigenvalue weighted by atomic mass is 10.1. The SMILES string of the molecule is Brc1ccc2ccnc(/C=C/c3ccccc3)c2c1. The Kier molecular flexibility index (Phi) is 3.43. The van der Waals surface area contributed by atoms with Crippen LogP contribution in [0.25, 0.3) is 22.9 Å². The molecule has 0 radical (unpaired) electrons. The van der Waals surface area contributed by atoms with Gasteiger partial charge in [-0.05, 0) is 35.2 Å². The highest BCUT2D eigenvalue weighted by Crippen LogP contribution is 2.23. The molecule has 2 heteroatoms. The van der Waals surface area contributed by atoms with Crippen LogP contribution in [0.15, 0.2) is 65.3 Å². The van der Waals surface area contributed by atoms with Crippen molar-refractivity contribution in [2.45, 2.75) is 0 Å². The van der Waals surface area contributed by atoms with Gasteiger partial charge in [0.2, 0.25) is 0 Å². The van der Waals surface area contributed by atoms with Crippen molar-refractivity contribution in [1.29, 1.82) is 0 Å². The summed E-state index contributed by atoms with van der Waals surface area (Å²) in [4.78, 5) is 4.46. The Morgan fingerprint density at radius 1 is 0.895 bits per heavy atom. The molecule has 0 aliphatic rings. The van der Waals surface area contributed by atoms with Crippen molar-refractivity contribution < 1.29 is 0 Å². The lowest BCUT2D eigenvalue weighted by molar-refractivity contribution is 1.33. The molecule has 0 bridgehead atoms. The topological polar surface area (TPSA) is 12.9 Å². The number of nitrogens with zero attached hydrogens (tertiary/aromatic N) is 1. The number of hydrogen-bond donors (Lipinski definition) is 0. The van der Waals surface area contributed by atoms with Crippen LogP contribution in [-0.4, -0.2) is 4.98 Å². The second-order valence-corrected chi connectivity index (χ2v) is 5.22. The third kappa shape index (κ3) is 2.74. The smallest absolute Gasteiger partial charge is 0.0708 e. The Bertz CT molecular complexity index is 733. The van der Waals surface area contributed by atoms with Gasteiger partial charge in [0.15, 0.2) is 0 Å². The fraction of sp³-hybridized carbons (Fsp3) is 0. The van der Waals surface area contributed by atoms with Crippen LogP contribution >= 0.6 is 15.9 Å². The Balaban J connectivity index is 2.06. The van der Waals surface area contributed by atoms with Crippen molar-refractivity contribution in [2.24, 2.45) is 0 Å². The normalized spacial score (nSPS) is 11.2. The number of benzene rings is 2. The quantitative estimate of drug-likeness (QED) is 0.636. The van der Waals surface area contributed by atoms with E-state index in [4.69, 9.17) is 0 Å². The van der Waals surface area contributed by atoms with Gasteiger partial charge in [0.25, 0.3) is 0 Å². The van der Waals surface area contributed by atoms with Crippen LogP contribution in [0.1, 0.15) is 11.3 Å². The third-order valence-corrected chi connectivity index (χ3v) is 3.49. The molecule has 0 amide bonds. The van der Waals surface area contributed by atoms with Gasteiger partial charge in [-0.15, -0.1) is 0 Å². The van der Waals surface area contributed by atoms with Gasteiger partial charge in [0.1, 0.15) is 0 Å². The van der Waals surface area contributed by atoms with Crippen LogP contribution < -0.4 is 0 Å². The molecular weight excluding hydrogens is 298 g/mol. The van der Waals surface area contributed by atoms with Crippen LogP contribution in [0.3, 0.4) is 0 Å². The van der Waals surface area contributed by atoms with E-state index < -0.39 is 0 Å². The fourth-order valence-corrected chi connectivity index (χ4v) is 2.40. The van der Waals surface area contributed by atoms with Crippen molar-refractivity contribution in [3.63, 3.8) is 0 Å². The molecule has 1 nitrogen and oxygen atoms in total. The summed E-state index contributed by atoms with van der Waals surface area (Å²) in [6, 6.07) is 18.5. The van der Waals surface area contributed by atoms with E-state index >= 15 is 0 Å². The summed E-state index contributed by atoms with van der Waals surface area (Å²) < 4.78 is 1.07. The Labute approximate surface area is 120 Å². The summed E-state index contributed by atoms with van der Waals surface area (Å²) in [5.41, 5.74) is 2.17. The summed E-state index contributed by atoms with van der Waals surface area (Å²) in [6.45, 7) is 0. The van der Waals surface area contributed by atoms with Gasteiger partial charge in [0, 0.05) is 16.1 Å². The third-order valence-electron chi connectivity index (χ3n) is 2.99.